The van der Waals surface area contributed by atoms with Crippen molar-refractivity contribution in [3.63, 3.8) is 0 Å². The van der Waals surface area contributed by atoms with Crippen LogP contribution in [0.15, 0.2) is 47.4 Å². The van der Waals surface area contributed by atoms with Gasteiger partial charge in [-0.25, -0.2) is 8.42 Å². The van der Waals surface area contributed by atoms with Gasteiger partial charge in [-0.2, -0.15) is 13.2 Å². The molecule has 8 heteroatoms. The molecule has 0 saturated heterocycles. The average molecular weight is 356 g/mol. The van der Waals surface area contributed by atoms with E-state index in [1.165, 1.54) is 24.3 Å². The maximum absolute atomic E-state index is 13.0. The van der Waals surface area contributed by atoms with Crippen LogP contribution in [0.2, 0.25) is 0 Å². The number of rotatable bonds is 3. The lowest BCUT2D eigenvalue weighted by Crippen LogP contribution is -2.24. The minimum absolute atomic E-state index is 0.0538. The first-order chi connectivity index (χ1) is 11.3. The summed E-state index contributed by atoms with van der Waals surface area (Å²) >= 11 is 0. The van der Waals surface area contributed by atoms with Crippen LogP contribution in [0.25, 0.3) is 0 Å². The minimum atomic E-state index is -4.64. The van der Waals surface area contributed by atoms with E-state index in [0.717, 1.165) is 36.2 Å². The summed E-state index contributed by atoms with van der Waals surface area (Å²) in [6, 6.07) is 9.13. The zero-order valence-electron chi connectivity index (χ0n) is 12.5. The molecule has 4 nitrogen and oxygen atoms in total. The molecule has 2 N–H and O–H groups in total. The smallest absolute Gasteiger partial charge is 0.312 e. The van der Waals surface area contributed by atoms with Gasteiger partial charge in [0.15, 0.2) is 0 Å². The maximum atomic E-state index is 13.0. The summed E-state index contributed by atoms with van der Waals surface area (Å²) in [5.41, 5.74) is 0.380. The van der Waals surface area contributed by atoms with Gasteiger partial charge in [-0.3, -0.25) is 4.72 Å². The minimum Gasteiger partial charge on any atom is -0.312 e. The molecule has 0 atom stereocenters. The van der Waals surface area contributed by atoms with Gasteiger partial charge in [0, 0.05) is 6.54 Å². The number of benzene rings is 2. The van der Waals surface area contributed by atoms with Crippen molar-refractivity contribution in [3.8, 4) is 0 Å². The molecule has 0 spiro atoms. The number of hydrogen-bond donors (Lipinski definition) is 2. The van der Waals surface area contributed by atoms with Crippen LogP contribution in [0.3, 0.4) is 0 Å². The Morgan fingerprint density at radius 3 is 2.54 bits per heavy atom. The average Bonchev–Trinajstić information content (AvgIpc) is 2.53. The fourth-order valence-electron chi connectivity index (χ4n) is 2.65. The molecule has 24 heavy (non-hydrogen) atoms. The highest BCUT2D eigenvalue weighted by atomic mass is 32.2. The zero-order valence-corrected chi connectivity index (χ0v) is 13.3. The number of halogens is 3. The van der Waals surface area contributed by atoms with Crippen LogP contribution in [-0.2, 0) is 29.2 Å². The van der Waals surface area contributed by atoms with Crippen LogP contribution in [0.4, 0.5) is 18.9 Å². The molecule has 1 aliphatic heterocycles. The van der Waals surface area contributed by atoms with E-state index >= 15 is 0 Å². The molecular weight excluding hydrogens is 341 g/mol. The van der Waals surface area contributed by atoms with Gasteiger partial charge in [-0.1, -0.05) is 18.2 Å². The lowest BCUT2D eigenvalue weighted by Gasteiger charge is -2.19. The third kappa shape index (κ3) is 3.39. The van der Waals surface area contributed by atoms with E-state index in [0.29, 0.717) is 6.54 Å². The van der Waals surface area contributed by atoms with Crippen LogP contribution in [-0.4, -0.2) is 15.0 Å². The SMILES string of the molecule is O=S(=O)(Nc1ccccc1C(F)(F)F)c1ccc2c(c1)CNCC2. The topological polar surface area (TPSA) is 58.2 Å². The molecule has 1 heterocycles. The van der Waals surface area contributed by atoms with Crippen LogP contribution in [0.1, 0.15) is 16.7 Å². The molecule has 0 saturated carbocycles. The van der Waals surface area contributed by atoms with E-state index in [2.05, 4.69) is 5.32 Å². The van der Waals surface area contributed by atoms with E-state index < -0.39 is 27.5 Å². The molecule has 0 aliphatic carbocycles. The Labute approximate surface area is 137 Å². The number of hydrogen-bond acceptors (Lipinski definition) is 3. The monoisotopic (exact) mass is 356 g/mol. The lowest BCUT2D eigenvalue weighted by atomic mass is 10.0. The Morgan fingerprint density at radius 2 is 1.79 bits per heavy atom. The number of nitrogens with one attached hydrogen (secondary N) is 2. The molecule has 2 aromatic carbocycles. The maximum Gasteiger partial charge on any atom is 0.418 e. The second-order valence-corrected chi connectivity index (χ2v) is 7.19. The zero-order chi connectivity index (χ0) is 17.4. The van der Waals surface area contributed by atoms with Crippen LogP contribution in [0.5, 0.6) is 0 Å². The molecular formula is C16H15F3N2O2S. The molecule has 0 aromatic heterocycles. The van der Waals surface area contributed by atoms with E-state index in [4.69, 9.17) is 0 Å². The van der Waals surface area contributed by atoms with Crippen molar-refractivity contribution in [2.24, 2.45) is 0 Å². The molecule has 128 valence electrons. The fourth-order valence-corrected chi connectivity index (χ4v) is 3.78. The fraction of sp³-hybridized carbons (Fsp3) is 0.250. The molecule has 1 aliphatic rings. The second kappa shape index (κ2) is 6.10. The predicted octanol–water partition coefficient (Wildman–Crippen LogP) is 3.15. The third-order valence-corrected chi connectivity index (χ3v) is 5.21. The summed E-state index contributed by atoms with van der Waals surface area (Å²) < 4.78 is 66.0. The summed E-state index contributed by atoms with van der Waals surface area (Å²) in [4.78, 5) is -0.0538. The lowest BCUT2D eigenvalue weighted by molar-refractivity contribution is -0.136. The quantitative estimate of drug-likeness (QED) is 0.888. The molecule has 2 aromatic rings. The van der Waals surface area contributed by atoms with Crippen molar-refractivity contribution in [2.45, 2.75) is 24.0 Å². The highest BCUT2D eigenvalue weighted by molar-refractivity contribution is 7.92. The standard InChI is InChI=1S/C16H15F3N2O2S/c17-16(18,19)14-3-1-2-4-15(14)21-24(22,23)13-6-5-11-7-8-20-10-12(11)9-13/h1-6,9,20-21H,7-8,10H2. The number of anilines is 1. The molecule has 0 unspecified atom stereocenters. The van der Waals surface area contributed by atoms with E-state index in [-0.39, 0.29) is 4.90 Å². The van der Waals surface area contributed by atoms with Gasteiger partial charge in [0.1, 0.15) is 0 Å². The second-order valence-electron chi connectivity index (χ2n) is 5.51. The van der Waals surface area contributed by atoms with Gasteiger partial charge in [0.05, 0.1) is 16.1 Å². The third-order valence-electron chi connectivity index (χ3n) is 3.85. The Morgan fingerprint density at radius 1 is 1.04 bits per heavy atom. The van der Waals surface area contributed by atoms with E-state index in [1.807, 2.05) is 4.72 Å². The first kappa shape index (κ1) is 16.8. The number of fused-ring (bicyclic) bond motifs is 1. The van der Waals surface area contributed by atoms with Crippen molar-refractivity contribution in [2.75, 3.05) is 11.3 Å². The van der Waals surface area contributed by atoms with E-state index in [9.17, 15) is 21.6 Å². The van der Waals surface area contributed by atoms with Gasteiger partial charge >= 0.3 is 6.18 Å². The molecule has 0 fully saturated rings. The van der Waals surface area contributed by atoms with Gasteiger partial charge in [-0.15, -0.1) is 0 Å². The van der Waals surface area contributed by atoms with E-state index in [1.54, 1.807) is 6.07 Å². The van der Waals surface area contributed by atoms with Crippen molar-refractivity contribution in [1.29, 1.82) is 0 Å². The summed E-state index contributed by atoms with van der Waals surface area (Å²) in [6.07, 6.45) is -3.85. The summed E-state index contributed by atoms with van der Waals surface area (Å²) in [5, 5.41) is 3.13. The van der Waals surface area contributed by atoms with Crippen molar-refractivity contribution >= 4 is 15.7 Å². The Kier molecular flexibility index (Phi) is 4.27. The summed E-state index contributed by atoms with van der Waals surface area (Å²) in [5.74, 6) is 0. The number of para-hydroxylation sites is 1. The highest BCUT2D eigenvalue weighted by Crippen LogP contribution is 2.35. The van der Waals surface area contributed by atoms with Gasteiger partial charge in [0.25, 0.3) is 10.0 Å². The largest absolute Gasteiger partial charge is 0.418 e. The molecule has 0 bridgehead atoms. The van der Waals surface area contributed by atoms with Gasteiger partial charge in [-0.05, 0) is 48.4 Å². The van der Waals surface area contributed by atoms with Gasteiger partial charge in [0.2, 0.25) is 0 Å². The number of sulfonamides is 1. The van der Waals surface area contributed by atoms with Crippen LogP contribution >= 0.6 is 0 Å². The van der Waals surface area contributed by atoms with Crippen LogP contribution in [0, 0.1) is 0 Å². The Balaban J connectivity index is 1.96. The Hall–Kier alpha value is -2.06. The summed E-state index contributed by atoms with van der Waals surface area (Å²) in [7, 11) is -4.11. The molecule has 0 amide bonds. The highest BCUT2D eigenvalue weighted by Gasteiger charge is 2.34. The summed E-state index contributed by atoms with van der Waals surface area (Å²) in [6.45, 7) is 1.36. The first-order valence-electron chi connectivity index (χ1n) is 7.29. The molecule has 0 radical (unpaired) electrons. The van der Waals surface area contributed by atoms with Crippen LogP contribution < -0.4 is 10.0 Å². The first-order valence-corrected chi connectivity index (χ1v) is 8.77. The normalized spacial score (nSPS) is 15.0. The molecule has 3 rings (SSSR count). The van der Waals surface area contributed by atoms with Crippen molar-refractivity contribution in [3.05, 3.63) is 59.2 Å². The van der Waals surface area contributed by atoms with Gasteiger partial charge < -0.3 is 5.32 Å². The van der Waals surface area contributed by atoms with Crippen molar-refractivity contribution < 1.29 is 21.6 Å². The number of alkyl halides is 3. The van der Waals surface area contributed by atoms with Crippen molar-refractivity contribution in [1.82, 2.24) is 5.32 Å². The predicted molar refractivity (Wildman–Crippen MR) is 84.1 cm³/mol. The Bertz CT molecular complexity index is 864.